The molecule has 0 atom stereocenters. The molecule has 0 unspecified atom stereocenters. The van der Waals surface area contributed by atoms with E-state index in [0.29, 0.717) is 5.02 Å². The van der Waals surface area contributed by atoms with Crippen LogP contribution in [0, 0.1) is 6.92 Å². The molecule has 3 heteroatoms. The zero-order valence-corrected chi connectivity index (χ0v) is 6.64. The van der Waals surface area contributed by atoms with Crippen LogP contribution in [0.5, 0.6) is 5.75 Å². The predicted octanol–water partition coefficient (Wildman–Crippen LogP) is 2.05. The van der Waals surface area contributed by atoms with Gasteiger partial charge in [0, 0.05) is 11.8 Å². The quantitative estimate of drug-likeness (QED) is 0.623. The Balaban J connectivity index is 3.14. The fourth-order valence-electron chi connectivity index (χ4n) is 0.688. The first-order chi connectivity index (χ1) is 4.75. The Hall–Kier alpha value is -0.760. The zero-order chi connectivity index (χ0) is 7.56. The average molecular weight is 158 g/mol. The van der Waals surface area contributed by atoms with E-state index in [9.17, 15) is 0 Å². The van der Waals surface area contributed by atoms with Gasteiger partial charge in [0.2, 0.25) is 0 Å². The van der Waals surface area contributed by atoms with Crippen molar-refractivity contribution in [2.75, 3.05) is 7.11 Å². The molecule has 0 fully saturated rings. The Kier molecular flexibility index (Phi) is 2.12. The number of halogens is 1. The standard InChI is InChI=1S/C7H8ClNO/c1-5-6(8)3-9-4-7(5)10-2/h3-4H,1-2H3. The number of hydrogen-bond acceptors (Lipinski definition) is 2. The second-order valence-electron chi connectivity index (χ2n) is 1.95. The van der Waals surface area contributed by atoms with Crippen molar-refractivity contribution >= 4 is 11.6 Å². The highest BCUT2D eigenvalue weighted by atomic mass is 35.5. The molecule has 0 aliphatic carbocycles. The third kappa shape index (κ3) is 1.21. The normalized spacial score (nSPS) is 9.50. The summed E-state index contributed by atoms with van der Waals surface area (Å²) in [5.74, 6) is 0.729. The maximum Gasteiger partial charge on any atom is 0.141 e. The van der Waals surface area contributed by atoms with Crippen LogP contribution in [-0.4, -0.2) is 12.1 Å². The second kappa shape index (κ2) is 2.88. The monoisotopic (exact) mass is 157 g/mol. The van der Waals surface area contributed by atoms with Crippen LogP contribution in [0.15, 0.2) is 12.4 Å². The number of aromatic nitrogens is 1. The van der Waals surface area contributed by atoms with E-state index in [2.05, 4.69) is 4.98 Å². The minimum absolute atomic E-state index is 0.638. The number of rotatable bonds is 1. The second-order valence-corrected chi connectivity index (χ2v) is 2.36. The molecule has 0 aliphatic heterocycles. The van der Waals surface area contributed by atoms with Crippen LogP contribution in [0.25, 0.3) is 0 Å². The van der Waals surface area contributed by atoms with Gasteiger partial charge in [0.05, 0.1) is 18.3 Å². The number of nitrogens with zero attached hydrogens (tertiary/aromatic N) is 1. The molecule has 0 radical (unpaired) electrons. The van der Waals surface area contributed by atoms with Crippen molar-refractivity contribution in [3.05, 3.63) is 23.0 Å². The summed E-state index contributed by atoms with van der Waals surface area (Å²) in [7, 11) is 1.60. The Morgan fingerprint density at radius 1 is 1.50 bits per heavy atom. The Bertz CT molecular complexity index is 237. The van der Waals surface area contributed by atoms with Gasteiger partial charge in [-0.15, -0.1) is 0 Å². The molecule has 2 nitrogen and oxygen atoms in total. The lowest BCUT2D eigenvalue weighted by atomic mass is 10.3. The van der Waals surface area contributed by atoms with E-state index in [4.69, 9.17) is 16.3 Å². The third-order valence-electron chi connectivity index (χ3n) is 1.33. The molecule has 1 rings (SSSR count). The predicted molar refractivity (Wildman–Crippen MR) is 40.5 cm³/mol. The summed E-state index contributed by atoms with van der Waals surface area (Å²) in [4.78, 5) is 3.86. The molecule has 0 saturated carbocycles. The van der Waals surface area contributed by atoms with Gasteiger partial charge in [-0.25, -0.2) is 0 Å². The van der Waals surface area contributed by atoms with Crippen LogP contribution in [0.3, 0.4) is 0 Å². The Morgan fingerprint density at radius 3 is 2.70 bits per heavy atom. The summed E-state index contributed by atoms with van der Waals surface area (Å²) in [6.07, 6.45) is 3.24. The molecule has 0 saturated heterocycles. The molecule has 0 aromatic carbocycles. The molecule has 1 aromatic heterocycles. The Morgan fingerprint density at radius 2 is 2.20 bits per heavy atom. The van der Waals surface area contributed by atoms with Crippen molar-refractivity contribution in [1.29, 1.82) is 0 Å². The minimum Gasteiger partial charge on any atom is -0.495 e. The molecule has 0 amide bonds. The number of ether oxygens (including phenoxy) is 1. The van der Waals surface area contributed by atoms with Crippen LogP contribution in [0.4, 0.5) is 0 Å². The summed E-state index contributed by atoms with van der Waals surface area (Å²) in [6.45, 7) is 1.89. The lowest BCUT2D eigenvalue weighted by Gasteiger charge is -2.02. The largest absolute Gasteiger partial charge is 0.495 e. The maximum absolute atomic E-state index is 5.75. The molecular formula is C7H8ClNO. The molecule has 10 heavy (non-hydrogen) atoms. The number of hydrogen-bond donors (Lipinski definition) is 0. The summed E-state index contributed by atoms with van der Waals surface area (Å²) >= 11 is 5.75. The highest BCUT2D eigenvalue weighted by Crippen LogP contribution is 2.22. The van der Waals surface area contributed by atoms with E-state index < -0.39 is 0 Å². The summed E-state index contributed by atoms with van der Waals surface area (Å²) in [6, 6.07) is 0. The van der Waals surface area contributed by atoms with Crippen LogP contribution < -0.4 is 4.74 Å². The van der Waals surface area contributed by atoms with Crippen molar-refractivity contribution in [2.24, 2.45) is 0 Å². The van der Waals surface area contributed by atoms with Gasteiger partial charge < -0.3 is 4.74 Å². The number of methoxy groups -OCH3 is 1. The van der Waals surface area contributed by atoms with Crippen molar-refractivity contribution in [2.45, 2.75) is 6.92 Å². The van der Waals surface area contributed by atoms with E-state index in [1.54, 1.807) is 19.5 Å². The lowest BCUT2D eigenvalue weighted by Crippen LogP contribution is -1.88. The lowest BCUT2D eigenvalue weighted by molar-refractivity contribution is 0.410. The summed E-state index contributed by atoms with van der Waals surface area (Å²) < 4.78 is 4.98. The van der Waals surface area contributed by atoms with Crippen molar-refractivity contribution in [3.63, 3.8) is 0 Å². The molecule has 0 bridgehead atoms. The summed E-state index contributed by atoms with van der Waals surface area (Å²) in [5, 5.41) is 0.638. The van der Waals surface area contributed by atoms with Gasteiger partial charge >= 0.3 is 0 Å². The molecule has 0 spiro atoms. The van der Waals surface area contributed by atoms with Gasteiger partial charge in [0.1, 0.15) is 5.75 Å². The smallest absolute Gasteiger partial charge is 0.141 e. The van der Waals surface area contributed by atoms with Gasteiger partial charge in [-0.3, -0.25) is 4.98 Å². The topological polar surface area (TPSA) is 22.1 Å². The molecule has 0 aliphatic rings. The first-order valence-corrected chi connectivity index (χ1v) is 3.27. The van der Waals surface area contributed by atoms with Gasteiger partial charge in [-0.2, -0.15) is 0 Å². The van der Waals surface area contributed by atoms with Gasteiger partial charge in [0.25, 0.3) is 0 Å². The highest BCUT2D eigenvalue weighted by molar-refractivity contribution is 6.31. The van der Waals surface area contributed by atoms with Crippen molar-refractivity contribution in [3.8, 4) is 5.75 Å². The molecule has 0 N–H and O–H groups in total. The first kappa shape index (κ1) is 7.35. The van der Waals surface area contributed by atoms with E-state index >= 15 is 0 Å². The van der Waals surface area contributed by atoms with E-state index in [-0.39, 0.29) is 0 Å². The third-order valence-corrected chi connectivity index (χ3v) is 1.71. The van der Waals surface area contributed by atoms with Crippen LogP contribution in [-0.2, 0) is 0 Å². The average Bonchev–Trinajstić information content (AvgIpc) is 1.95. The van der Waals surface area contributed by atoms with Crippen molar-refractivity contribution < 1.29 is 4.74 Å². The van der Waals surface area contributed by atoms with E-state index in [1.807, 2.05) is 6.92 Å². The van der Waals surface area contributed by atoms with Crippen LogP contribution in [0.2, 0.25) is 5.02 Å². The van der Waals surface area contributed by atoms with Gasteiger partial charge in [-0.05, 0) is 6.92 Å². The summed E-state index contributed by atoms with van der Waals surface area (Å²) in [5.41, 5.74) is 0.930. The van der Waals surface area contributed by atoms with Crippen LogP contribution in [0.1, 0.15) is 5.56 Å². The van der Waals surface area contributed by atoms with E-state index in [0.717, 1.165) is 11.3 Å². The minimum atomic E-state index is 0.638. The fourth-order valence-corrected chi connectivity index (χ4v) is 0.837. The number of pyridine rings is 1. The van der Waals surface area contributed by atoms with Gasteiger partial charge in [0.15, 0.2) is 0 Å². The first-order valence-electron chi connectivity index (χ1n) is 2.90. The van der Waals surface area contributed by atoms with Crippen molar-refractivity contribution in [1.82, 2.24) is 4.98 Å². The Labute approximate surface area is 64.8 Å². The molecule has 1 heterocycles. The zero-order valence-electron chi connectivity index (χ0n) is 5.89. The highest BCUT2D eigenvalue weighted by Gasteiger charge is 2.00. The maximum atomic E-state index is 5.75. The fraction of sp³-hybridized carbons (Fsp3) is 0.286. The SMILES string of the molecule is COc1cncc(Cl)c1C. The molecular weight excluding hydrogens is 150 g/mol. The molecule has 54 valence electrons. The molecule has 1 aromatic rings. The van der Waals surface area contributed by atoms with Gasteiger partial charge in [-0.1, -0.05) is 11.6 Å². The van der Waals surface area contributed by atoms with Crippen LogP contribution >= 0.6 is 11.6 Å². The van der Waals surface area contributed by atoms with E-state index in [1.165, 1.54) is 0 Å².